The van der Waals surface area contributed by atoms with E-state index >= 15 is 0 Å². The Morgan fingerprint density at radius 2 is 2.00 bits per heavy atom. The van der Waals surface area contributed by atoms with E-state index in [0.717, 1.165) is 5.56 Å². The normalized spacial score (nSPS) is 12.2. The Morgan fingerprint density at radius 1 is 1.32 bits per heavy atom. The second-order valence-electron chi connectivity index (χ2n) is 4.11. The Labute approximate surface area is 110 Å². The zero-order valence-corrected chi connectivity index (χ0v) is 10.7. The molecule has 0 amide bonds. The number of nitrogens with one attached hydrogen (secondary N) is 1. The standard InChI is InChI=1S/C13H15FN4O/c1-8-6-16-13(17-7-8)12(18-15)9-3-4-11(19-2)10(14)5-9/h3-7,12,18H,15H2,1-2H3. The first-order valence-electron chi connectivity index (χ1n) is 5.74. The molecule has 0 fully saturated rings. The molecule has 0 aliphatic carbocycles. The smallest absolute Gasteiger partial charge is 0.165 e. The van der Waals surface area contributed by atoms with E-state index in [9.17, 15) is 4.39 Å². The van der Waals surface area contributed by atoms with Crippen LogP contribution in [0.25, 0.3) is 0 Å². The van der Waals surface area contributed by atoms with Gasteiger partial charge < -0.3 is 4.74 Å². The molecule has 6 heteroatoms. The maximum absolute atomic E-state index is 13.7. The molecule has 0 radical (unpaired) electrons. The maximum Gasteiger partial charge on any atom is 0.165 e. The van der Waals surface area contributed by atoms with Gasteiger partial charge in [-0.25, -0.2) is 19.8 Å². The zero-order valence-electron chi connectivity index (χ0n) is 10.7. The van der Waals surface area contributed by atoms with Gasteiger partial charge in [0.05, 0.1) is 7.11 Å². The number of halogens is 1. The van der Waals surface area contributed by atoms with Gasteiger partial charge >= 0.3 is 0 Å². The molecule has 5 nitrogen and oxygen atoms in total. The van der Waals surface area contributed by atoms with Gasteiger partial charge in [0, 0.05) is 12.4 Å². The molecule has 1 atom stereocenters. The van der Waals surface area contributed by atoms with Crippen LogP contribution in [0, 0.1) is 12.7 Å². The summed E-state index contributed by atoms with van der Waals surface area (Å²) >= 11 is 0. The topological polar surface area (TPSA) is 73.1 Å². The molecule has 1 heterocycles. The predicted octanol–water partition coefficient (Wildman–Crippen LogP) is 1.49. The minimum atomic E-state index is -0.471. The van der Waals surface area contributed by atoms with E-state index in [-0.39, 0.29) is 5.75 Å². The largest absolute Gasteiger partial charge is 0.494 e. The lowest BCUT2D eigenvalue weighted by Gasteiger charge is -2.15. The summed E-state index contributed by atoms with van der Waals surface area (Å²) < 4.78 is 18.6. The summed E-state index contributed by atoms with van der Waals surface area (Å²) in [4.78, 5) is 8.38. The van der Waals surface area contributed by atoms with E-state index in [2.05, 4.69) is 15.4 Å². The highest BCUT2D eigenvalue weighted by atomic mass is 19.1. The number of benzene rings is 1. The Morgan fingerprint density at radius 3 is 2.53 bits per heavy atom. The zero-order chi connectivity index (χ0) is 13.8. The fourth-order valence-corrected chi connectivity index (χ4v) is 1.73. The molecule has 1 aromatic carbocycles. The average Bonchev–Trinajstić information content (AvgIpc) is 2.42. The lowest BCUT2D eigenvalue weighted by molar-refractivity contribution is 0.385. The summed E-state index contributed by atoms with van der Waals surface area (Å²) in [5.74, 6) is 5.73. The lowest BCUT2D eigenvalue weighted by Crippen LogP contribution is -2.30. The van der Waals surface area contributed by atoms with Crippen LogP contribution in [0.4, 0.5) is 4.39 Å². The first kappa shape index (κ1) is 13.4. The Balaban J connectivity index is 2.36. The van der Waals surface area contributed by atoms with E-state index in [0.29, 0.717) is 11.4 Å². The molecule has 1 unspecified atom stereocenters. The van der Waals surface area contributed by atoms with Crippen LogP contribution < -0.4 is 16.0 Å². The van der Waals surface area contributed by atoms with Crippen molar-refractivity contribution in [3.05, 3.63) is 53.4 Å². The van der Waals surface area contributed by atoms with Gasteiger partial charge in [0.25, 0.3) is 0 Å². The highest BCUT2D eigenvalue weighted by Gasteiger charge is 2.17. The second-order valence-corrected chi connectivity index (χ2v) is 4.11. The number of ether oxygens (including phenoxy) is 1. The van der Waals surface area contributed by atoms with Crippen molar-refractivity contribution in [1.29, 1.82) is 0 Å². The summed E-state index contributed by atoms with van der Waals surface area (Å²) in [7, 11) is 1.42. The summed E-state index contributed by atoms with van der Waals surface area (Å²) in [6.45, 7) is 1.89. The van der Waals surface area contributed by atoms with E-state index in [1.165, 1.54) is 13.2 Å². The van der Waals surface area contributed by atoms with Crippen molar-refractivity contribution in [3.8, 4) is 5.75 Å². The van der Waals surface area contributed by atoms with Gasteiger partial charge in [0.15, 0.2) is 17.4 Å². The first-order chi connectivity index (χ1) is 9.15. The Bertz CT molecular complexity index is 559. The van der Waals surface area contributed by atoms with Gasteiger partial charge in [-0.3, -0.25) is 5.84 Å². The van der Waals surface area contributed by atoms with Crippen LogP contribution in [0.15, 0.2) is 30.6 Å². The molecule has 3 N–H and O–H groups in total. The van der Waals surface area contributed by atoms with E-state index in [1.807, 2.05) is 6.92 Å². The van der Waals surface area contributed by atoms with Crippen molar-refractivity contribution >= 4 is 0 Å². The van der Waals surface area contributed by atoms with Crippen LogP contribution >= 0.6 is 0 Å². The van der Waals surface area contributed by atoms with E-state index in [1.54, 1.807) is 24.5 Å². The summed E-state index contributed by atoms with van der Waals surface area (Å²) in [5, 5.41) is 0. The fourth-order valence-electron chi connectivity index (χ4n) is 1.73. The van der Waals surface area contributed by atoms with Crippen molar-refractivity contribution in [3.63, 3.8) is 0 Å². The fraction of sp³-hybridized carbons (Fsp3) is 0.231. The van der Waals surface area contributed by atoms with Crippen LogP contribution in [-0.4, -0.2) is 17.1 Å². The van der Waals surface area contributed by atoms with Crippen molar-refractivity contribution in [1.82, 2.24) is 15.4 Å². The number of nitrogens with two attached hydrogens (primary N) is 1. The van der Waals surface area contributed by atoms with Gasteiger partial charge in [0.2, 0.25) is 0 Å². The third-order valence-corrected chi connectivity index (χ3v) is 2.73. The number of methoxy groups -OCH3 is 1. The van der Waals surface area contributed by atoms with Crippen LogP contribution in [0.1, 0.15) is 23.0 Å². The summed E-state index contributed by atoms with van der Waals surface area (Å²) in [6, 6.07) is 4.15. The number of hydrazine groups is 1. The molecule has 2 rings (SSSR count). The molecule has 100 valence electrons. The third-order valence-electron chi connectivity index (χ3n) is 2.73. The molecular weight excluding hydrogens is 247 g/mol. The molecule has 0 saturated heterocycles. The maximum atomic E-state index is 13.7. The molecule has 0 saturated carbocycles. The van der Waals surface area contributed by atoms with Gasteiger partial charge in [-0.05, 0) is 30.2 Å². The van der Waals surface area contributed by atoms with Crippen LogP contribution in [0.2, 0.25) is 0 Å². The molecule has 0 bridgehead atoms. The Hall–Kier alpha value is -2.05. The average molecular weight is 262 g/mol. The van der Waals surface area contributed by atoms with Crippen molar-refractivity contribution in [2.75, 3.05) is 7.11 Å². The number of rotatable bonds is 4. The number of aromatic nitrogens is 2. The van der Waals surface area contributed by atoms with Crippen molar-refractivity contribution in [2.24, 2.45) is 5.84 Å². The monoisotopic (exact) mass is 262 g/mol. The van der Waals surface area contributed by atoms with Crippen LogP contribution in [-0.2, 0) is 0 Å². The number of aryl methyl sites for hydroxylation is 1. The number of nitrogens with zero attached hydrogens (tertiary/aromatic N) is 2. The van der Waals surface area contributed by atoms with Gasteiger partial charge in [0.1, 0.15) is 6.04 Å². The first-order valence-corrected chi connectivity index (χ1v) is 5.74. The molecule has 1 aromatic heterocycles. The summed E-state index contributed by atoms with van der Waals surface area (Å²) in [5.41, 5.74) is 4.16. The third kappa shape index (κ3) is 2.86. The highest BCUT2D eigenvalue weighted by Crippen LogP contribution is 2.24. The molecular formula is C13H15FN4O. The molecule has 0 spiro atoms. The SMILES string of the molecule is COc1ccc(C(NN)c2ncc(C)cn2)cc1F. The molecule has 19 heavy (non-hydrogen) atoms. The van der Waals surface area contributed by atoms with Gasteiger partial charge in [-0.15, -0.1) is 0 Å². The van der Waals surface area contributed by atoms with Crippen LogP contribution in [0.5, 0.6) is 5.75 Å². The second kappa shape index (κ2) is 5.73. The highest BCUT2D eigenvalue weighted by molar-refractivity contribution is 5.33. The number of hydrogen-bond acceptors (Lipinski definition) is 5. The minimum Gasteiger partial charge on any atom is -0.494 e. The lowest BCUT2D eigenvalue weighted by atomic mass is 10.1. The van der Waals surface area contributed by atoms with Gasteiger partial charge in [-0.2, -0.15) is 0 Å². The molecule has 0 aliphatic heterocycles. The van der Waals surface area contributed by atoms with E-state index < -0.39 is 11.9 Å². The quantitative estimate of drug-likeness (QED) is 0.645. The molecule has 0 aliphatic rings. The Kier molecular flexibility index (Phi) is 4.03. The number of hydrogen-bond donors (Lipinski definition) is 2. The van der Waals surface area contributed by atoms with Crippen LogP contribution in [0.3, 0.4) is 0 Å². The van der Waals surface area contributed by atoms with Crippen molar-refractivity contribution in [2.45, 2.75) is 13.0 Å². The predicted molar refractivity (Wildman–Crippen MR) is 68.9 cm³/mol. The van der Waals surface area contributed by atoms with E-state index in [4.69, 9.17) is 10.6 Å². The minimum absolute atomic E-state index is 0.185. The molecule has 2 aromatic rings. The van der Waals surface area contributed by atoms with Gasteiger partial charge in [-0.1, -0.05) is 6.07 Å². The van der Waals surface area contributed by atoms with Crippen molar-refractivity contribution < 1.29 is 9.13 Å². The summed E-state index contributed by atoms with van der Waals surface area (Å²) in [6.07, 6.45) is 3.37.